The number of ketones is 1. The topological polar surface area (TPSA) is 62.4 Å². The molecule has 25 heavy (non-hydrogen) atoms. The highest BCUT2D eigenvalue weighted by atomic mass is 35.5. The lowest BCUT2D eigenvalue weighted by molar-refractivity contribution is 0.0527. The SMILES string of the molecule is CCOC(=O)c1cc(C(=O)C=CN(C)C)[nH]c1-c1ccc(Cl)cc1Cl. The van der Waals surface area contributed by atoms with Crippen LogP contribution in [0.4, 0.5) is 0 Å². The van der Waals surface area contributed by atoms with Gasteiger partial charge in [-0.2, -0.15) is 0 Å². The summed E-state index contributed by atoms with van der Waals surface area (Å²) in [4.78, 5) is 29.3. The number of nitrogens with one attached hydrogen (secondary N) is 1. The van der Waals surface area contributed by atoms with E-state index in [9.17, 15) is 9.59 Å². The minimum absolute atomic E-state index is 0.224. The number of rotatable bonds is 6. The molecular weight excluding hydrogens is 363 g/mol. The first-order chi connectivity index (χ1) is 11.8. The van der Waals surface area contributed by atoms with E-state index in [1.54, 1.807) is 50.3 Å². The second-order valence-electron chi connectivity index (χ2n) is 5.46. The van der Waals surface area contributed by atoms with Crippen LogP contribution in [0, 0.1) is 0 Å². The molecule has 0 aliphatic heterocycles. The molecule has 7 heteroatoms. The van der Waals surface area contributed by atoms with Gasteiger partial charge in [0, 0.05) is 37.0 Å². The van der Waals surface area contributed by atoms with E-state index in [1.165, 1.54) is 12.1 Å². The number of hydrogen-bond donors (Lipinski definition) is 1. The zero-order valence-electron chi connectivity index (χ0n) is 14.1. The Balaban J connectivity index is 2.53. The molecule has 0 amide bonds. The maximum Gasteiger partial charge on any atom is 0.340 e. The van der Waals surface area contributed by atoms with Gasteiger partial charge in [-0.3, -0.25) is 4.79 Å². The molecule has 1 heterocycles. The van der Waals surface area contributed by atoms with Gasteiger partial charge in [0.15, 0.2) is 0 Å². The second kappa shape index (κ2) is 8.23. The molecule has 1 aromatic carbocycles. The van der Waals surface area contributed by atoms with Crippen LogP contribution < -0.4 is 0 Å². The number of ether oxygens (including phenoxy) is 1. The number of carbonyl (C=O) groups excluding carboxylic acids is 2. The summed E-state index contributed by atoms with van der Waals surface area (Å²) in [6, 6.07) is 6.39. The molecular formula is C18H18Cl2N2O3. The molecule has 0 atom stereocenters. The maximum atomic E-state index is 12.3. The Morgan fingerprint density at radius 1 is 1.24 bits per heavy atom. The lowest BCUT2D eigenvalue weighted by Gasteiger charge is -2.06. The van der Waals surface area contributed by atoms with E-state index < -0.39 is 5.97 Å². The Morgan fingerprint density at radius 2 is 1.96 bits per heavy atom. The van der Waals surface area contributed by atoms with Crippen LogP contribution in [0.1, 0.15) is 27.8 Å². The molecule has 1 N–H and O–H groups in total. The third-order valence-electron chi connectivity index (χ3n) is 3.30. The molecule has 132 valence electrons. The summed E-state index contributed by atoms with van der Waals surface area (Å²) in [7, 11) is 3.61. The molecule has 0 unspecified atom stereocenters. The number of H-pyrrole nitrogens is 1. The molecule has 2 rings (SSSR count). The van der Waals surface area contributed by atoms with Gasteiger partial charge in [-0.05, 0) is 31.2 Å². The summed E-state index contributed by atoms with van der Waals surface area (Å²) < 4.78 is 5.08. The molecule has 1 aromatic heterocycles. The molecule has 0 aliphatic rings. The number of allylic oxidation sites excluding steroid dienone is 1. The second-order valence-corrected chi connectivity index (χ2v) is 6.30. The lowest BCUT2D eigenvalue weighted by atomic mass is 10.1. The molecule has 5 nitrogen and oxygen atoms in total. The standard InChI is InChI=1S/C18H18Cl2N2O3/c1-4-25-18(24)13-10-15(16(23)7-8-22(2)3)21-17(13)12-6-5-11(19)9-14(12)20/h5-10,21H,4H2,1-3H3. The first-order valence-corrected chi connectivity index (χ1v) is 8.33. The Bertz CT molecular complexity index is 826. The maximum absolute atomic E-state index is 12.3. The van der Waals surface area contributed by atoms with E-state index in [1.807, 2.05) is 0 Å². The van der Waals surface area contributed by atoms with E-state index >= 15 is 0 Å². The number of nitrogens with zero attached hydrogens (tertiary/aromatic N) is 1. The largest absolute Gasteiger partial charge is 0.462 e. The molecule has 0 aliphatic carbocycles. The van der Waals surface area contributed by atoms with Gasteiger partial charge < -0.3 is 14.6 Å². The van der Waals surface area contributed by atoms with Crippen LogP contribution in [0.25, 0.3) is 11.3 Å². The van der Waals surface area contributed by atoms with Crippen molar-refractivity contribution in [3.63, 3.8) is 0 Å². The lowest BCUT2D eigenvalue weighted by Crippen LogP contribution is -2.05. The summed E-state index contributed by atoms with van der Waals surface area (Å²) in [6.07, 6.45) is 3.04. The van der Waals surface area contributed by atoms with E-state index in [-0.39, 0.29) is 23.6 Å². The normalized spacial score (nSPS) is 10.9. The van der Waals surface area contributed by atoms with E-state index in [2.05, 4.69) is 4.98 Å². The minimum Gasteiger partial charge on any atom is -0.462 e. The predicted octanol–water partition coefficient (Wildman–Crippen LogP) is 4.42. The minimum atomic E-state index is -0.532. The van der Waals surface area contributed by atoms with Crippen LogP contribution in [0.15, 0.2) is 36.5 Å². The highest BCUT2D eigenvalue weighted by Gasteiger charge is 2.21. The number of carbonyl (C=O) groups is 2. The van der Waals surface area contributed by atoms with Gasteiger partial charge in [-0.25, -0.2) is 4.79 Å². The number of esters is 1. The highest BCUT2D eigenvalue weighted by Crippen LogP contribution is 2.33. The summed E-state index contributed by atoms with van der Waals surface area (Å²) in [5.74, 6) is -0.800. The highest BCUT2D eigenvalue weighted by molar-refractivity contribution is 6.36. The van der Waals surface area contributed by atoms with Gasteiger partial charge in [0.2, 0.25) is 5.78 Å². The van der Waals surface area contributed by atoms with Crippen molar-refractivity contribution < 1.29 is 14.3 Å². The molecule has 0 saturated heterocycles. The molecule has 0 spiro atoms. The molecule has 2 aromatic rings. The van der Waals surface area contributed by atoms with Crippen molar-refractivity contribution in [2.45, 2.75) is 6.92 Å². The van der Waals surface area contributed by atoms with Crippen molar-refractivity contribution in [1.82, 2.24) is 9.88 Å². The summed E-state index contributed by atoms with van der Waals surface area (Å²) in [5, 5.41) is 0.839. The first-order valence-electron chi connectivity index (χ1n) is 7.58. The van der Waals surface area contributed by atoms with E-state index in [0.29, 0.717) is 21.3 Å². The third-order valence-corrected chi connectivity index (χ3v) is 3.85. The van der Waals surface area contributed by atoms with Gasteiger partial charge >= 0.3 is 5.97 Å². The number of halogens is 2. The fraction of sp³-hybridized carbons (Fsp3) is 0.222. The number of hydrogen-bond acceptors (Lipinski definition) is 4. The van der Waals surface area contributed by atoms with Crippen molar-refractivity contribution in [3.05, 3.63) is 57.8 Å². The van der Waals surface area contributed by atoms with Crippen LogP contribution in [0.5, 0.6) is 0 Å². The summed E-state index contributed by atoms with van der Waals surface area (Å²) in [5.41, 5.74) is 1.49. The van der Waals surface area contributed by atoms with Crippen LogP contribution >= 0.6 is 23.2 Å². The first kappa shape index (κ1) is 19.1. The van der Waals surface area contributed by atoms with E-state index in [0.717, 1.165) is 0 Å². The van der Waals surface area contributed by atoms with Crippen molar-refractivity contribution in [3.8, 4) is 11.3 Å². The Morgan fingerprint density at radius 3 is 2.56 bits per heavy atom. The van der Waals surface area contributed by atoms with Crippen molar-refractivity contribution in [2.75, 3.05) is 20.7 Å². The van der Waals surface area contributed by atoms with Gasteiger partial charge in [0.1, 0.15) is 0 Å². The van der Waals surface area contributed by atoms with Crippen molar-refractivity contribution >= 4 is 35.0 Å². The average molecular weight is 381 g/mol. The Hall–Kier alpha value is -2.24. The Labute approximate surface area is 156 Å². The van der Waals surface area contributed by atoms with E-state index in [4.69, 9.17) is 27.9 Å². The van der Waals surface area contributed by atoms with Crippen molar-refractivity contribution in [2.24, 2.45) is 0 Å². The molecule has 0 saturated carbocycles. The monoisotopic (exact) mass is 380 g/mol. The average Bonchev–Trinajstić information content (AvgIpc) is 2.98. The van der Waals surface area contributed by atoms with Crippen LogP contribution in [-0.2, 0) is 4.74 Å². The summed E-state index contributed by atoms with van der Waals surface area (Å²) in [6.45, 7) is 1.94. The molecule has 0 bridgehead atoms. The fourth-order valence-corrected chi connectivity index (χ4v) is 2.67. The fourth-order valence-electron chi connectivity index (χ4n) is 2.17. The predicted molar refractivity (Wildman–Crippen MR) is 99.4 cm³/mol. The third kappa shape index (κ3) is 4.65. The quantitative estimate of drug-likeness (QED) is 0.457. The zero-order chi connectivity index (χ0) is 18.6. The van der Waals surface area contributed by atoms with Gasteiger partial charge in [-0.1, -0.05) is 23.2 Å². The number of benzene rings is 1. The van der Waals surface area contributed by atoms with Crippen LogP contribution in [0.2, 0.25) is 10.0 Å². The van der Waals surface area contributed by atoms with Gasteiger partial charge in [-0.15, -0.1) is 0 Å². The van der Waals surface area contributed by atoms with Gasteiger partial charge in [0.05, 0.1) is 28.6 Å². The van der Waals surface area contributed by atoms with Crippen LogP contribution in [0.3, 0.4) is 0 Å². The van der Waals surface area contributed by atoms with Gasteiger partial charge in [0.25, 0.3) is 0 Å². The Kier molecular flexibility index (Phi) is 6.28. The van der Waals surface area contributed by atoms with Crippen molar-refractivity contribution in [1.29, 1.82) is 0 Å². The smallest absolute Gasteiger partial charge is 0.340 e. The molecule has 0 radical (unpaired) electrons. The number of aromatic amines is 1. The summed E-state index contributed by atoms with van der Waals surface area (Å²) >= 11 is 12.2. The van der Waals surface area contributed by atoms with Crippen LogP contribution in [-0.4, -0.2) is 42.3 Å². The number of aromatic nitrogens is 1. The molecule has 0 fully saturated rings. The zero-order valence-corrected chi connectivity index (χ0v) is 15.6.